The van der Waals surface area contributed by atoms with Crippen molar-refractivity contribution in [2.75, 3.05) is 6.54 Å². The van der Waals surface area contributed by atoms with E-state index in [2.05, 4.69) is 0 Å². The minimum atomic E-state index is -4.35. The molecule has 0 radical (unpaired) electrons. The Morgan fingerprint density at radius 2 is 1.84 bits per heavy atom. The summed E-state index contributed by atoms with van der Waals surface area (Å²) >= 11 is 0. The summed E-state index contributed by atoms with van der Waals surface area (Å²) in [6, 6.07) is 10.3. The summed E-state index contributed by atoms with van der Waals surface area (Å²) in [5, 5.41) is 9.08. The minimum absolute atomic E-state index is 0.138. The Hall–Kier alpha value is -2.70. The van der Waals surface area contributed by atoms with Crippen LogP contribution in [0.5, 0.6) is 5.75 Å². The van der Waals surface area contributed by atoms with Gasteiger partial charge < -0.3 is 14.7 Å². The number of rotatable bonds is 3. The first-order valence-corrected chi connectivity index (χ1v) is 7.71. The Kier molecular flexibility index (Phi) is 4.57. The normalized spacial score (nSPS) is 14.1. The molecule has 0 aliphatic carbocycles. The summed E-state index contributed by atoms with van der Waals surface area (Å²) in [5.74, 6) is 0.561. The molecule has 4 nitrogen and oxygen atoms in total. The third-order valence-electron chi connectivity index (χ3n) is 4.15. The molecule has 3 rings (SSSR count). The number of ether oxygens (including phenoxy) is 1. The lowest BCUT2D eigenvalue weighted by Crippen LogP contribution is -2.34. The number of carbonyl (C=O) groups is 1. The Labute approximate surface area is 142 Å². The number of hydrogen-bond donors (Lipinski definition) is 1. The van der Waals surface area contributed by atoms with Crippen LogP contribution in [0.2, 0.25) is 0 Å². The fraction of sp³-hybridized carbons (Fsp3) is 0.278. The molecule has 0 atom stereocenters. The summed E-state index contributed by atoms with van der Waals surface area (Å²) < 4.78 is 43.3. The van der Waals surface area contributed by atoms with Crippen molar-refractivity contribution in [3.63, 3.8) is 0 Å². The highest BCUT2D eigenvalue weighted by molar-refractivity contribution is 5.65. The summed E-state index contributed by atoms with van der Waals surface area (Å²) in [4.78, 5) is 12.4. The van der Waals surface area contributed by atoms with Gasteiger partial charge in [-0.25, -0.2) is 4.79 Å². The van der Waals surface area contributed by atoms with Gasteiger partial charge in [0.15, 0.2) is 0 Å². The SMILES string of the molecule is O=C(O)N1CCc2ccc(OCc3ccc(C(F)(F)F)cc3)cc2C1. The second kappa shape index (κ2) is 6.66. The molecule has 1 aliphatic heterocycles. The average molecular weight is 351 g/mol. The van der Waals surface area contributed by atoms with Gasteiger partial charge in [-0.15, -0.1) is 0 Å². The summed E-state index contributed by atoms with van der Waals surface area (Å²) in [7, 11) is 0. The van der Waals surface area contributed by atoms with Gasteiger partial charge in [-0.2, -0.15) is 13.2 Å². The molecule has 2 aromatic rings. The zero-order valence-corrected chi connectivity index (χ0v) is 13.2. The molecule has 132 valence electrons. The number of alkyl halides is 3. The zero-order chi connectivity index (χ0) is 18.0. The van der Waals surface area contributed by atoms with Crippen LogP contribution >= 0.6 is 0 Å². The second-order valence-electron chi connectivity index (χ2n) is 5.87. The van der Waals surface area contributed by atoms with Crippen molar-refractivity contribution in [3.05, 3.63) is 64.7 Å². The molecule has 0 saturated carbocycles. The van der Waals surface area contributed by atoms with E-state index in [1.807, 2.05) is 6.07 Å². The molecule has 25 heavy (non-hydrogen) atoms. The first-order valence-electron chi connectivity index (χ1n) is 7.71. The van der Waals surface area contributed by atoms with Gasteiger partial charge in [-0.3, -0.25) is 0 Å². The maximum absolute atomic E-state index is 12.5. The average Bonchev–Trinajstić information content (AvgIpc) is 2.58. The molecule has 0 aromatic heterocycles. The van der Waals surface area contributed by atoms with E-state index in [1.54, 1.807) is 12.1 Å². The van der Waals surface area contributed by atoms with Gasteiger partial charge in [-0.1, -0.05) is 18.2 Å². The number of halogens is 3. The van der Waals surface area contributed by atoms with Crippen molar-refractivity contribution in [2.24, 2.45) is 0 Å². The van der Waals surface area contributed by atoms with Crippen LogP contribution in [0.3, 0.4) is 0 Å². The smallest absolute Gasteiger partial charge is 0.416 e. The molecule has 2 aromatic carbocycles. The highest BCUT2D eigenvalue weighted by Crippen LogP contribution is 2.29. The van der Waals surface area contributed by atoms with Crippen LogP contribution in [0.4, 0.5) is 18.0 Å². The van der Waals surface area contributed by atoms with Crippen molar-refractivity contribution < 1.29 is 27.8 Å². The van der Waals surface area contributed by atoms with Crippen LogP contribution in [-0.4, -0.2) is 22.6 Å². The minimum Gasteiger partial charge on any atom is -0.489 e. The van der Waals surface area contributed by atoms with Crippen LogP contribution < -0.4 is 4.74 Å². The van der Waals surface area contributed by atoms with E-state index in [-0.39, 0.29) is 6.61 Å². The van der Waals surface area contributed by atoms with E-state index in [4.69, 9.17) is 9.84 Å². The van der Waals surface area contributed by atoms with E-state index >= 15 is 0 Å². The quantitative estimate of drug-likeness (QED) is 0.896. The van der Waals surface area contributed by atoms with Gasteiger partial charge in [0.25, 0.3) is 0 Å². The van der Waals surface area contributed by atoms with Crippen molar-refractivity contribution >= 4 is 6.09 Å². The largest absolute Gasteiger partial charge is 0.489 e. The van der Waals surface area contributed by atoms with Gasteiger partial charge in [0, 0.05) is 13.1 Å². The lowest BCUT2D eigenvalue weighted by Gasteiger charge is -2.26. The fourth-order valence-electron chi connectivity index (χ4n) is 2.74. The molecule has 0 saturated heterocycles. The number of nitrogens with zero attached hydrogens (tertiary/aromatic N) is 1. The predicted molar refractivity (Wildman–Crippen MR) is 84.4 cm³/mol. The maximum Gasteiger partial charge on any atom is 0.416 e. The van der Waals surface area contributed by atoms with Gasteiger partial charge in [0.1, 0.15) is 12.4 Å². The number of fused-ring (bicyclic) bond motifs is 1. The molecule has 0 spiro atoms. The molecule has 1 heterocycles. The van der Waals surface area contributed by atoms with E-state index in [0.29, 0.717) is 30.8 Å². The van der Waals surface area contributed by atoms with Crippen LogP contribution in [0.1, 0.15) is 22.3 Å². The van der Waals surface area contributed by atoms with E-state index < -0.39 is 17.8 Å². The Morgan fingerprint density at radius 1 is 1.12 bits per heavy atom. The highest BCUT2D eigenvalue weighted by Gasteiger charge is 2.29. The second-order valence-corrected chi connectivity index (χ2v) is 5.87. The molecular formula is C18H16F3NO3. The van der Waals surface area contributed by atoms with Crippen molar-refractivity contribution in [3.8, 4) is 5.75 Å². The van der Waals surface area contributed by atoms with Gasteiger partial charge in [0.05, 0.1) is 5.56 Å². The molecular weight excluding hydrogens is 335 g/mol. The molecule has 1 N–H and O–H groups in total. The Balaban J connectivity index is 1.66. The van der Waals surface area contributed by atoms with E-state index in [1.165, 1.54) is 17.0 Å². The first kappa shape index (κ1) is 17.1. The van der Waals surface area contributed by atoms with Gasteiger partial charge in [-0.05, 0) is 47.4 Å². The standard InChI is InChI=1S/C18H16F3NO3/c19-18(20,21)15-4-1-12(2-5-15)11-25-16-6-3-13-7-8-22(17(23)24)10-14(13)9-16/h1-6,9H,7-8,10-11H2,(H,23,24). The molecule has 0 bridgehead atoms. The highest BCUT2D eigenvalue weighted by atomic mass is 19.4. The lowest BCUT2D eigenvalue weighted by atomic mass is 10.00. The Morgan fingerprint density at radius 3 is 2.48 bits per heavy atom. The van der Waals surface area contributed by atoms with Crippen molar-refractivity contribution in [1.29, 1.82) is 0 Å². The molecule has 0 unspecified atom stereocenters. The number of benzene rings is 2. The van der Waals surface area contributed by atoms with Crippen molar-refractivity contribution in [1.82, 2.24) is 4.90 Å². The van der Waals surface area contributed by atoms with Crippen molar-refractivity contribution in [2.45, 2.75) is 25.7 Å². The molecule has 0 fully saturated rings. The predicted octanol–water partition coefficient (Wildman–Crippen LogP) is 4.32. The third-order valence-corrected chi connectivity index (χ3v) is 4.15. The van der Waals surface area contributed by atoms with Crippen LogP contribution in [0.15, 0.2) is 42.5 Å². The molecule has 1 amide bonds. The first-order chi connectivity index (χ1) is 11.8. The summed E-state index contributed by atoms with van der Waals surface area (Å²) in [6.45, 7) is 0.913. The molecule has 1 aliphatic rings. The zero-order valence-electron chi connectivity index (χ0n) is 13.2. The fourth-order valence-corrected chi connectivity index (χ4v) is 2.74. The number of hydrogen-bond acceptors (Lipinski definition) is 2. The van der Waals surface area contributed by atoms with Gasteiger partial charge >= 0.3 is 12.3 Å². The van der Waals surface area contributed by atoms with E-state index in [0.717, 1.165) is 23.3 Å². The molecule has 7 heteroatoms. The monoisotopic (exact) mass is 351 g/mol. The van der Waals surface area contributed by atoms with Crippen LogP contribution in [0.25, 0.3) is 0 Å². The summed E-state index contributed by atoms with van der Waals surface area (Å²) in [6.07, 6.45) is -4.66. The van der Waals surface area contributed by atoms with Gasteiger partial charge in [0.2, 0.25) is 0 Å². The lowest BCUT2D eigenvalue weighted by molar-refractivity contribution is -0.137. The maximum atomic E-state index is 12.5. The summed E-state index contributed by atoms with van der Waals surface area (Å²) in [5.41, 5.74) is 1.90. The number of carboxylic acid groups (broad SMARTS) is 1. The Bertz CT molecular complexity index is 772. The number of amides is 1. The van der Waals surface area contributed by atoms with Crippen LogP contribution in [0, 0.1) is 0 Å². The van der Waals surface area contributed by atoms with Crippen LogP contribution in [-0.2, 0) is 25.7 Å². The topological polar surface area (TPSA) is 49.8 Å². The third kappa shape index (κ3) is 4.04. The van der Waals surface area contributed by atoms with E-state index in [9.17, 15) is 18.0 Å².